The molecule has 9 heteroatoms. The van der Waals surface area contributed by atoms with E-state index in [0.29, 0.717) is 5.92 Å². The van der Waals surface area contributed by atoms with E-state index in [9.17, 15) is 30.7 Å². The van der Waals surface area contributed by atoms with Crippen molar-refractivity contribution in [3.8, 4) is 0 Å². The molecule has 2 fully saturated rings. The predicted molar refractivity (Wildman–Crippen MR) is 99.9 cm³/mol. The molecule has 0 N–H and O–H groups in total. The van der Waals surface area contributed by atoms with Crippen LogP contribution in [-0.4, -0.2) is 43.1 Å². The van der Waals surface area contributed by atoms with Crippen LogP contribution >= 0.6 is 11.3 Å². The van der Waals surface area contributed by atoms with Gasteiger partial charge in [-0.25, -0.2) is 22.0 Å². The second-order valence-corrected chi connectivity index (χ2v) is 10.3. The van der Waals surface area contributed by atoms with E-state index < -0.39 is 67.7 Å². The highest BCUT2D eigenvalue weighted by atomic mass is 32.1. The zero-order valence-corrected chi connectivity index (χ0v) is 17.3. The highest BCUT2D eigenvalue weighted by Crippen LogP contribution is 2.49. The highest BCUT2D eigenvalue weighted by molar-refractivity contribution is 7.12. The number of ether oxygens (including phenoxy) is 1. The fourth-order valence-corrected chi connectivity index (χ4v) is 6.58. The van der Waals surface area contributed by atoms with Gasteiger partial charge in [0.2, 0.25) is 0 Å². The van der Waals surface area contributed by atoms with Crippen molar-refractivity contribution in [3.05, 3.63) is 21.4 Å². The molecular weight excluding hydrogens is 433 g/mol. The molecule has 0 aliphatic heterocycles. The lowest BCUT2D eigenvalue weighted by Crippen LogP contribution is -2.51. The molecule has 4 rings (SSSR count). The summed E-state index contributed by atoms with van der Waals surface area (Å²) < 4.78 is 103. The van der Waals surface area contributed by atoms with Gasteiger partial charge in [0.15, 0.2) is 6.17 Å². The molecule has 1 heterocycles. The molecule has 170 valence electrons. The van der Waals surface area contributed by atoms with E-state index in [4.69, 9.17) is 0 Å². The van der Waals surface area contributed by atoms with Crippen LogP contribution in [0, 0.1) is 11.8 Å². The Morgan fingerprint density at radius 1 is 0.900 bits per heavy atom. The Morgan fingerprint density at radius 3 is 2.07 bits per heavy atom. The van der Waals surface area contributed by atoms with Crippen LogP contribution in [0.5, 0.6) is 0 Å². The van der Waals surface area contributed by atoms with Crippen molar-refractivity contribution in [1.29, 1.82) is 0 Å². The van der Waals surface area contributed by atoms with Crippen LogP contribution in [0.2, 0.25) is 0 Å². The Labute approximate surface area is 175 Å². The number of alkyl halides is 7. The van der Waals surface area contributed by atoms with Crippen LogP contribution in [-0.2, 0) is 17.6 Å². The number of thiophene rings is 1. The average molecular weight is 458 g/mol. The topological polar surface area (TPSA) is 9.23 Å². The monoisotopic (exact) mass is 458 g/mol. The molecule has 3 aliphatic rings. The Balaban J connectivity index is 1.42. The lowest BCUT2D eigenvalue weighted by atomic mass is 9.77. The van der Waals surface area contributed by atoms with Crippen molar-refractivity contribution in [3.63, 3.8) is 0 Å². The summed E-state index contributed by atoms with van der Waals surface area (Å²) in [7, 11) is 0. The van der Waals surface area contributed by atoms with Gasteiger partial charge in [0.25, 0.3) is 0 Å². The summed E-state index contributed by atoms with van der Waals surface area (Å²) in [4.78, 5) is 2.02. The van der Waals surface area contributed by atoms with Crippen molar-refractivity contribution in [1.82, 2.24) is 0 Å². The first-order chi connectivity index (χ1) is 14.0. The third kappa shape index (κ3) is 4.25. The summed E-state index contributed by atoms with van der Waals surface area (Å²) in [6.07, 6.45) is -17.3. The Morgan fingerprint density at radius 2 is 1.50 bits per heavy atom. The second-order valence-electron chi connectivity index (χ2n) is 9.09. The summed E-state index contributed by atoms with van der Waals surface area (Å²) in [5.41, 5.74) is 1.18. The van der Waals surface area contributed by atoms with Crippen LogP contribution in [0.4, 0.5) is 30.7 Å². The van der Waals surface area contributed by atoms with Gasteiger partial charge in [-0.15, -0.1) is 11.3 Å². The molecule has 5 atom stereocenters. The summed E-state index contributed by atoms with van der Waals surface area (Å²) in [5.74, 6) is -2.30. The third-order valence-corrected chi connectivity index (χ3v) is 7.96. The van der Waals surface area contributed by atoms with Crippen LogP contribution in [0.25, 0.3) is 0 Å². The summed E-state index contributed by atoms with van der Waals surface area (Å²) >= 11 is 1.50. The van der Waals surface area contributed by atoms with Gasteiger partial charge >= 0.3 is 6.11 Å². The van der Waals surface area contributed by atoms with E-state index in [1.165, 1.54) is 21.8 Å². The van der Waals surface area contributed by atoms with E-state index in [2.05, 4.69) is 11.7 Å². The maximum atomic E-state index is 14.8. The quantitative estimate of drug-likeness (QED) is 0.472. The van der Waals surface area contributed by atoms with E-state index in [1.807, 2.05) is 6.07 Å². The van der Waals surface area contributed by atoms with Gasteiger partial charge in [-0.1, -0.05) is 6.92 Å². The molecule has 0 bridgehead atoms. The van der Waals surface area contributed by atoms with Crippen molar-refractivity contribution < 1.29 is 35.5 Å². The van der Waals surface area contributed by atoms with E-state index in [-0.39, 0.29) is 12.8 Å². The van der Waals surface area contributed by atoms with Gasteiger partial charge in [0.1, 0.15) is 30.6 Å². The highest BCUT2D eigenvalue weighted by Gasteiger charge is 2.56. The largest absolute Gasteiger partial charge is 0.364 e. The maximum absolute atomic E-state index is 14.8. The Hall–Kier alpha value is -0.830. The molecule has 0 spiro atoms. The van der Waals surface area contributed by atoms with E-state index in [0.717, 1.165) is 17.7 Å². The normalized spacial score (nSPS) is 42.3. The van der Waals surface area contributed by atoms with Crippen molar-refractivity contribution >= 4 is 11.3 Å². The van der Waals surface area contributed by atoms with E-state index >= 15 is 0 Å². The second kappa shape index (κ2) is 8.26. The Kier molecular flexibility index (Phi) is 6.16. The smallest absolute Gasteiger partial charge is 0.317 e. The number of rotatable bonds is 4. The fourth-order valence-electron chi connectivity index (χ4n) is 5.10. The summed E-state index contributed by atoms with van der Waals surface area (Å²) in [5, 5.41) is 0. The van der Waals surface area contributed by atoms with Crippen molar-refractivity contribution in [2.45, 2.75) is 94.4 Å². The van der Waals surface area contributed by atoms with E-state index in [1.54, 1.807) is 0 Å². The first-order valence-electron chi connectivity index (χ1n) is 10.4. The molecular formula is C21H25F7OS. The van der Waals surface area contributed by atoms with Crippen molar-refractivity contribution in [2.75, 3.05) is 0 Å². The molecule has 0 radical (unpaired) electrons. The zero-order chi connectivity index (χ0) is 21.8. The number of fused-ring (bicyclic) bond motifs is 1. The predicted octanol–water partition coefficient (Wildman–Crippen LogP) is 6.44. The fraction of sp³-hybridized carbons (Fsp3) is 0.810. The van der Waals surface area contributed by atoms with Crippen LogP contribution in [0.1, 0.15) is 53.8 Å². The number of halogens is 7. The van der Waals surface area contributed by atoms with Gasteiger partial charge in [-0.3, -0.25) is 0 Å². The summed E-state index contributed by atoms with van der Waals surface area (Å²) in [6, 6.07) is 1.95. The number of hydrogen-bond donors (Lipinski definition) is 0. The van der Waals surface area contributed by atoms with Crippen LogP contribution in [0.3, 0.4) is 0 Å². The molecule has 5 unspecified atom stereocenters. The number of hydrogen-bond acceptors (Lipinski definition) is 2. The zero-order valence-electron chi connectivity index (χ0n) is 16.5. The molecule has 0 saturated heterocycles. The molecule has 1 aromatic heterocycles. The van der Waals surface area contributed by atoms with Crippen molar-refractivity contribution in [2.24, 2.45) is 11.8 Å². The minimum absolute atomic E-state index is 0.256. The van der Waals surface area contributed by atoms with Gasteiger partial charge in [0, 0.05) is 22.6 Å². The molecule has 1 nitrogen and oxygen atoms in total. The molecule has 1 aromatic rings. The lowest BCUT2D eigenvalue weighted by molar-refractivity contribution is -0.321. The Bertz CT molecular complexity index is 708. The molecule has 3 aliphatic carbocycles. The third-order valence-electron chi connectivity index (χ3n) is 6.60. The minimum Gasteiger partial charge on any atom is -0.317 e. The average Bonchev–Trinajstić information content (AvgIpc) is 3.15. The van der Waals surface area contributed by atoms with Gasteiger partial charge in [-0.05, 0) is 49.1 Å². The first kappa shape index (κ1) is 22.4. The molecule has 0 amide bonds. The molecule has 30 heavy (non-hydrogen) atoms. The minimum atomic E-state index is -4.23. The van der Waals surface area contributed by atoms with Crippen LogP contribution in [0.15, 0.2) is 6.07 Å². The first-order valence-corrected chi connectivity index (χ1v) is 11.2. The SMILES string of the molecule is CC1Cc2cc(C3CC(F)C(C(F)(F)OC4CC(F)C(F)C(F)C4)C(F)C3)sc2C1. The molecule has 2 saturated carbocycles. The maximum Gasteiger partial charge on any atom is 0.364 e. The molecule has 0 aromatic carbocycles. The standard InChI is InChI=1S/C21H25F7OS/c1-9-2-10-6-18(30-17(10)3-9)11-4-13(22)19(14(23)5-11)21(27,28)29-12-7-15(24)20(26)16(25)8-12/h6,9,11-16,19-20H,2-5,7-8H2,1H3. The van der Waals surface area contributed by atoms with Crippen LogP contribution < -0.4 is 0 Å². The van der Waals surface area contributed by atoms with Gasteiger partial charge in [0.05, 0.1) is 6.10 Å². The van der Waals surface area contributed by atoms with Gasteiger partial charge in [-0.2, -0.15) is 8.78 Å². The van der Waals surface area contributed by atoms with Gasteiger partial charge < -0.3 is 4.74 Å². The summed E-state index contributed by atoms with van der Waals surface area (Å²) in [6.45, 7) is 2.13. The lowest BCUT2D eigenvalue weighted by Gasteiger charge is -2.40.